The molecule has 0 saturated heterocycles. The van der Waals surface area contributed by atoms with Gasteiger partial charge in [0.1, 0.15) is 6.04 Å². The summed E-state index contributed by atoms with van der Waals surface area (Å²) >= 11 is 7.26. The van der Waals surface area contributed by atoms with Gasteiger partial charge < -0.3 is 0 Å². The molecule has 6 heteroatoms. The Morgan fingerprint density at radius 2 is 1.25 bits per heavy atom. The highest BCUT2D eigenvalue weighted by atomic mass is 35.5. The Labute approximate surface area is 164 Å². The zero-order valence-corrected chi connectivity index (χ0v) is 15.4. The van der Waals surface area contributed by atoms with Crippen molar-refractivity contribution in [1.29, 1.82) is 0 Å². The Morgan fingerprint density at radius 1 is 0.714 bits per heavy atom. The molecule has 0 radical (unpaired) electrons. The third kappa shape index (κ3) is 1.64. The van der Waals surface area contributed by atoms with E-state index in [1.54, 1.807) is 24.3 Å². The molecule has 3 aliphatic rings. The summed E-state index contributed by atoms with van der Waals surface area (Å²) in [6.45, 7) is 0. The van der Waals surface area contributed by atoms with E-state index in [0.29, 0.717) is 5.69 Å². The van der Waals surface area contributed by atoms with Gasteiger partial charge in [-0.2, -0.15) is 4.68 Å². The van der Waals surface area contributed by atoms with Crippen molar-refractivity contribution in [3.05, 3.63) is 122 Å². The van der Waals surface area contributed by atoms with Crippen molar-refractivity contribution in [3.63, 3.8) is 0 Å². The average molecular weight is 388 g/mol. The van der Waals surface area contributed by atoms with Gasteiger partial charge in [0.25, 0.3) is 0 Å². The van der Waals surface area contributed by atoms with Crippen LogP contribution in [-0.2, 0) is 5.00 Å². The summed E-state index contributed by atoms with van der Waals surface area (Å²) in [5, 5.41) is 0. The summed E-state index contributed by atoms with van der Waals surface area (Å²) in [6.07, 6.45) is 0. The van der Waals surface area contributed by atoms with E-state index >= 15 is 0 Å². The number of halogens is 1. The van der Waals surface area contributed by atoms with Gasteiger partial charge in [0, 0.05) is 11.1 Å². The zero-order valence-electron chi connectivity index (χ0n) is 14.6. The molecule has 0 amide bonds. The summed E-state index contributed by atoms with van der Waals surface area (Å²) in [7, 11) is 0. The lowest BCUT2D eigenvalue weighted by Gasteiger charge is -2.46. The van der Waals surface area contributed by atoms with Crippen LogP contribution >= 0.6 is 11.6 Å². The van der Waals surface area contributed by atoms with Crippen LogP contribution in [0.4, 0.5) is 0 Å². The third-order valence-corrected chi connectivity index (χ3v) is 6.32. The summed E-state index contributed by atoms with van der Waals surface area (Å²) in [5.41, 5.74) is 3.27. The van der Waals surface area contributed by atoms with E-state index in [9.17, 15) is 9.59 Å². The monoisotopic (exact) mass is 387 g/mol. The lowest BCUT2D eigenvalue weighted by Crippen LogP contribution is -2.53. The first-order valence-electron chi connectivity index (χ1n) is 9.04. The van der Waals surface area contributed by atoms with Crippen LogP contribution in [0.15, 0.2) is 88.5 Å². The van der Waals surface area contributed by atoms with E-state index in [4.69, 9.17) is 11.6 Å². The van der Waals surface area contributed by atoms with Gasteiger partial charge in [-0.3, -0.25) is 0 Å². The first-order chi connectivity index (χ1) is 13.6. The minimum atomic E-state index is -1.27. The van der Waals surface area contributed by atoms with Gasteiger partial charge >= 0.3 is 11.4 Å². The quantitative estimate of drug-likeness (QED) is 0.471. The predicted molar refractivity (Wildman–Crippen MR) is 106 cm³/mol. The normalized spacial score (nSPS) is 21.1. The van der Waals surface area contributed by atoms with Crippen molar-refractivity contribution in [2.45, 2.75) is 11.0 Å². The molecule has 4 aromatic rings. The van der Waals surface area contributed by atoms with Gasteiger partial charge in [0.05, 0.1) is 5.69 Å². The highest BCUT2D eigenvalue weighted by Gasteiger charge is 2.53. The minimum Gasteiger partial charge on any atom is -0.245 e. The number of alkyl halides is 1. The molecular formula is C22H14ClN3O2. The van der Waals surface area contributed by atoms with Gasteiger partial charge in [-0.05, 0) is 23.3 Å². The van der Waals surface area contributed by atoms with E-state index < -0.39 is 22.4 Å². The summed E-state index contributed by atoms with van der Waals surface area (Å²) in [4.78, 5) is 25.6. The Bertz CT molecular complexity index is 1330. The maximum absolute atomic E-state index is 13.5. The smallest absolute Gasteiger partial charge is 0.245 e. The molecule has 2 bridgehead atoms. The summed E-state index contributed by atoms with van der Waals surface area (Å²) in [6, 6.07) is 24.1. The number of aromatic nitrogens is 3. The maximum atomic E-state index is 13.5. The fraction of sp³-hybridized carbons (Fsp3) is 0.0909. The molecule has 28 heavy (non-hydrogen) atoms. The molecule has 5 nitrogen and oxygen atoms in total. The van der Waals surface area contributed by atoms with Gasteiger partial charge in [-0.1, -0.05) is 78.3 Å². The molecule has 7 rings (SSSR count). The molecule has 3 heterocycles. The van der Waals surface area contributed by atoms with Crippen LogP contribution in [0.1, 0.15) is 28.3 Å². The number of nitrogens with zero attached hydrogens (tertiary/aromatic N) is 3. The van der Waals surface area contributed by atoms with Crippen LogP contribution in [0.2, 0.25) is 0 Å². The SMILES string of the molecule is O=c1n(-c2ccccc2)c(=O)n2n1C1c3ccccc3C2(Cl)c2ccccc21. The maximum Gasteiger partial charge on any atom is 0.354 e. The van der Waals surface area contributed by atoms with Crippen LogP contribution in [-0.4, -0.2) is 13.9 Å². The van der Waals surface area contributed by atoms with Crippen LogP contribution in [0.3, 0.4) is 0 Å². The highest BCUT2D eigenvalue weighted by molar-refractivity contribution is 6.26. The van der Waals surface area contributed by atoms with E-state index in [0.717, 1.165) is 22.3 Å². The summed E-state index contributed by atoms with van der Waals surface area (Å²) in [5.74, 6) is 0. The second-order valence-corrected chi connectivity index (χ2v) is 7.64. The topological polar surface area (TPSA) is 48.9 Å². The first-order valence-corrected chi connectivity index (χ1v) is 9.42. The fourth-order valence-corrected chi connectivity index (χ4v) is 5.14. The van der Waals surface area contributed by atoms with E-state index in [1.807, 2.05) is 54.6 Å². The van der Waals surface area contributed by atoms with E-state index in [1.165, 1.54) is 13.9 Å². The first kappa shape index (κ1) is 15.7. The van der Waals surface area contributed by atoms with Crippen LogP contribution in [0, 0.1) is 0 Å². The fourth-order valence-electron chi connectivity index (χ4n) is 4.64. The lowest BCUT2D eigenvalue weighted by molar-refractivity contribution is 0.319. The number of rotatable bonds is 1. The van der Waals surface area contributed by atoms with Crippen LogP contribution < -0.4 is 11.4 Å². The second-order valence-electron chi connectivity index (χ2n) is 7.09. The Kier molecular flexibility index (Phi) is 2.89. The number of hydrogen-bond acceptors (Lipinski definition) is 2. The van der Waals surface area contributed by atoms with Crippen molar-refractivity contribution in [2.75, 3.05) is 0 Å². The number of para-hydroxylation sites is 1. The number of hydrogen-bond donors (Lipinski definition) is 0. The van der Waals surface area contributed by atoms with E-state index in [2.05, 4.69) is 0 Å². The molecule has 1 aliphatic carbocycles. The van der Waals surface area contributed by atoms with Crippen LogP contribution in [0.25, 0.3) is 5.69 Å². The van der Waals surface area contributed by atoms with Gasteiger partial charge in [-0.15, -0.1) is 0 Å². The van der Waals surface area contributed by atoms with Crippen molar-refractivity contribution in [2.24, 2.45) is 0 Å². The molecule has 136 valence electrons. The molecule has 0 atom stereocenters. The van der Waals surface area contributed by atoms with Gasteiger partial charge in [0.15, 0.2) is 5.00 Å². The molecule has 0 unspecified atom stereocenters. The highest BCUT2D eigenvalue weighted by Crippen LogP contribution is 2.53. The van der Waals surface area contributed by atoms with Crippen molar-refractivity contribution in [3.8, 4) is 5.69 Å². The standard InChI is InChI=1S/C22H14ClN3O2/c23-22-17-12-6-4-10-15(17)19(16-11-5-7-13-18(16)22)25-20(27)24(21(28)26(22)25)14-8-2-1-3-9-14/h1-13,19H. The zero-order chi connectivity index (χ0) is 19.0. The Hall–Kier alpha value is -3.31. The molecule has 0 spiro atoms. The molecular weight excluding hydrogens is 374 g/mol. The Balaban J connectivity index is 1.80. The van der Waals surface area contributed by atoms with Crippen LogP contribution in [0.5, 0.6) is 0 Å². The molecule has 0 fully saturated rings. The largest absolute Gasteiger partial charge is 0.354 e. The number of benzene rings is 3. The third-order valence-electron chi connectivity index (χ3n) is 5.75. The van der Waals surface area contributed by atoms with Crippen molar-refractivity contribution >= 4 is 11.6 Å². The summed E-state index contributed by atoms with van der Waals surface area (Å²) < 4.78 is 4.12. The second kappa shape index (κ2) is 5.14. The van der Waals surface area contributed by atoms with Gasteiger partial charge in [-0.25, -0.2) is 18.8 Å². The molecule has 0 saturated carbocycles. The molecule has 3 aromatic carbocycles. The van der Waals surface area contributed by atoms with E-state index in [-0.39, 0.29) is 0 Å². The van der Waals surface area contributed by atoms with Crippen molar-refractivity contribution < 1.29 is 0 Å². The van der Waals surface area contributed by atoms with Crippen molar-refractivity contribution in [1.82, 2.24) is 13.9 Å². The lowest BCUT2D eigenvalue weighted by atomic mass is 9.77. The minimum absolute atomic E-state index is 0.391. The average Bonchev–Trinajstić information content (AvgIpc) is 3.01. The molecule has 1 aromatic heterocycles. The van der Waals surface area contributed by atoms with Gasteiger partial charge in [0.2, 0.25) is 0 Å². The molecule has 0 N–H and O–H groups in total. The predicted octanol–water partition coefficient (Wildman–Crippen LogP) is 3.05. The molecule has 2 aliphatic heterocycles. The Morgan fingerprint density at radius 3 is 1.86 bits per heavy atom.